The number of para-hydroxylation sites is 2. The molecule has 0 N–H and O–H groups in total. The van der Waals surface area contributed by atoms with E-state index in [0.717, 1.165) is 32.6 Å². The molecule has 24 heavy (non-hydrogen) atoms. The van der Waals surface area contributed by atoms with Crippen molar-refractivity contribution in [1.82, 2.24) is 9.13 Å². The van der Waals surface area contributed by atoms with E-state index in [1.54, 1.807) is 9.13 Å². The molecule has 6 heteroatoms. The zero-order valence-electron chi connectivity index (χ0n) is 13.3. The number of imidazole rings is 1. The highest BCUT2D eigenvalue weighted by Crippen LogP contribution is 2.36. The summed E-state index contributed by atoms with van der Waals surface area (Å²) in [5, 5.41) is 0. The molecule has 0 atom stereocenters. The molecule has 0 saturated carbocycles. The molecule has 0 radical (unpaired) electrons. The summed E-state index contributed by atoms with van der Waals surface area (Å²) >= 11 is 3.59. The van der Waals surface area contributed by atoms with Crippen LogP contribution in [-0.2, 0) is 13.1 Å². The number of aryl methyl sites for hydroxylation is 1. The van der Waals surface area contributed by atoms with Crippen molar-refractivity contribution in [3.8, 4) is 11.5 Å². The summed E-state index contributed by atoms with van der Waals surface area (Å²) in [6.45, 7) is 4.21. The number of nitrogens with zero attached hydrogens (tertiary/aromatic N) is 2. The molecule has 0 fully saturated rings. The predicted octanol–water partition coefficient (Wildman–Crippen LogP) is 3.40. The number of benzene rings is 2. The first-order valence-electron chi connectivity index (χ1n) is 7.95. The monoisotopic (exact) mass is 388 g/mol. The Labute approximate surface area is 147 Å². The van der Waals surface area contributed by atoms with Gasteiger partial charge in [-0.05, 0) is 36.8 Å². The normalized spacial score (nSPS) is 13.4. The standard InChI is InChI=1S/C18H17BrN2O3/c1-2-20-14-5-3-4-6-15(14)21(18(20)22)11-12-9-16-17(10-13(12)19)24-8-7-23-16/h3-6,9-10H,2,7-8,11H2,1H3. The summed E-state index contributed by atoms with van der Waals surface area (Å²) in [5.41, 5.74) is 2.88. The molecule has 0 bridgehead atoms. The van der Waals surface area contributed by atoms with Gasteiger partial charge in [0.15, 0.2) is 11.5 Å². The van der Waals surface area contributed by atoms with Crippen LogP contribution < -0.4 is 15.2 Å². The van der Waals surface area contributed by atoms with Gasteiger partial charge in [0, 0.05) is 11.0 Å². The maximum atomic E-state index is 12.8. The number of halogens is 1. The van der Waals surface area contributed by atoms with Crippen molar-refractivity contribution < 1.29 is 9.47 Å². The molecule has 3 aromatic rings. The topological polar surface area (TPSA) is 45.4 Å². The minimum atomic E-state index is 0.000453. The summed E-state index contributed by atoms with van der Waals surface area (Å²) in [4.78, 5) is 12.8. The third-order valence-corrected chi connectivity index (χ3v) is 5.02. The van der Waals surface area contributed by atoms with Gasteiger partial charge >= 0.3 is 5.69 Å². The van der Waals surface area contributed by atoms with Crippen LogP contribution in [-0.4, -0.2) is 22.3 Å². The van der Waals surface area contributed by atoms with Gasteiger partial charge in [0.2, 0.25) is 0 Å². The lowest BCUT2D eigenvalue weighted by molar-refractivity contribution is 0.171. The average molecular weight is 389 g/mol. The van der Waals surface area contributed by atoms with E-state index in [-0.39, 0.29) is 5.69 Å². The van der Waals surface area contributed by atoms with Gasteiger partial charge in [-0.15, -0.1) is 0 Å². The van der Waals surface area contributed by atoms with Crippen molar-refractivity contribution in [2.45, 2.75) is 20.0 Å². The lowest BCUT2D eigenvalue weighted by Gasteiger charge is -2.20. The quantitative estimate of drug-likeness (QED) is 0.690. The fourth-order valence-corrected chi connectivity index (χ4v) is 3.58. The highest BCUT2D eigenvalue weighted by molar-refractivity contribution is 9.10. The number of rotatable bonds is 3. The van der Waals surface area contributed by atoms with E-state index >= 15 is 0 Å². The van der Waals surface area contributed by atoms with E-state index in [4.69, 9.17) is 9.47 Å². The zero-order chi connectivity index (χ0) is 16.7. The molecule has 5 nitrogen and oxygen atoms in total. The van der Waals surface area contributed by atoms with Crippen LogP contribution in [0.2, 0.25) is 0 Å². The summed E-state index contributed by atoms with van der Waals surface area (Å²) < 4.78 is 15.8. The Hall–Kier alpha value is -2.21. The van der Waals surface area contributed by atoms with Crippen LogP contribution >= 0.6 is 15.9 Å². The molecule has 1 aliphatic rings. The molecule has 4 rings (SSSR count). The van der Waals surface area contributed by atoms with E-state index in [0.29, 0.717) is 26.3 Å². The zero-order valence-corrected chi connectivity index (χ0v) is 14.9. The van der Waals surface area contributed by atoms with E-state index in [9.17, 15) is 4.79 Å². The summed E-state index contributed by atoms with van der Waals surface area (Å²) in [6.07, 6.45) is 0. The van der Waals surface area contributed by atoms with Crippen molar-refractivity contribution in [1.29, 1.82) is 0 Å². The first kappa shape index (κ1) is 15.3. The lowest BCUT2D eigenvalue weighted by Crippen LogP contribution is -2.24. The van der Waals surface area contributed by atoms with E-state index < -0.39 is 0 Å². The fraction of sp³-hybridized carbons (Fsp3) is 0.278. The Morgan fingerprint density at radius 3 is 2.33 bits per heavy atom. The molecule has 0 saturated heterocycles. The largest absolute Gasteiger partial charge is 0.486 e. The van der Waals surface area contributed by atoms with Crippen molar-refractivity contribution in [2.24, 2.45) is 0 Å². The Morgan fingerprint density at radius 1 is 1.04 bits per heavy atom. The van der Waals surface area contributed by atoms with Crippen LogP contribution in [0, 0.1) is 0 Å². The Kier molecular flexibility index (Phi) is 3.84. The third-order valence-electron chi connectivity index (χ3n) is 4.28. The van der Waals surface area contributed by atoms with Gasteiger partial charge in [-0.25, -0.2) is 4.79 Å². The molecule has 0 amide bonds. The Bertz CT molecular complexity index is 974. The van der Waals surface area contributed by atoms with Gasteiger partial charge in [0.25, 0.3) is 0 Å². The minimum Gasteiger partial charge on any atom is -0.486 e. The predicted molar refractivity (Wildman–Crippen MR) is 96.1 cm³/mol. The van der Waals surface area contributed by atoms with Crippen molar-refractivity contribution in [2.75, 3.05) is 13.2 Å². The summed E-state index contributed by atoms with van der Waals surface area (Å²) in [5.74, 6) is 1.46. The third kappa shape index (κ3) is 2.41. The Morgan fingerprint density at radius 2 is 1.67 bits per heavy atom. The molecule has 0 spiro atoms. The summed E-state index contributed by atoms with van der Waals surface area (Å²) in [6, 6.07) is 11.7. The van der Waals surface area contributed by atoms with E-state index in [2.05, 4.69) is 15.9 Å². The first-order chi connectivity index (χ1) is 11.7. The van der Waals surface area contributed by atoms with Crippen molar-refractivity contribution in [3.63, 3.8) is 0 Å². The molecule has 2 heterocycles. The Balaban J connectivity index is 1.83. The van der Waals surface area contributed by atoms with Crippen LogP contribution in [0.4, 0.5) is 0 Å². The maximum absolute atomic E-state index is 12.8. The van der Waals surface area contributed by atoms with Crippen molar-refractivity contribution >= 4 is 27.0 Å². The van der Waals surface area contributed by atoms with Gasteiger partial charge in [-0.3, -0.25) is 9.13 Å². The number of hydrogen-bond donors (Lipinski definition) is 0. The van der Waals surface area contributed by atoms with Crippen LogP contribution in [0.25, 0.3) is 11.0 Å². The van der Waals surface area contributed by atoms with Gasteiger partial charge < -0.3 is 9.47 Å². The molecule has 1 aromatic heterocycles. The van der Waals surface area contributed by atoms with Crippen molar-refractivity contribution in [3.05, 3.63) is 56.9 Å². The SMILES string of the molecule is CCn1c(=O)n(Cc2cc3c(cc2Br)OCCO3)c2ccccc21. The second kappa shape index (κ2) is 6.02. The van der Waals surface area contributed by atoms with Crippen LogP contribution in [0.5, 0.6) is 11.5 Å². The minimum absolute atomic E-state index is 0.000453. The van der Waals surface area contributed by atoms with Crippen LogP contribution in [0.1, 0.15) is 12.5 Å². The second-order valence-corrected chi connectivity index (χ2v) is 6.54. The van der Waals surface area contributed by atoms with Gasteiger partial charge in [-0.1, -0.05) is 28.1 Å². The molecule has 124 valence electrons. The molecule has 2 aromatic carbocycles. The lowest BCUT2D eigenvalue weighted by atomic mass is 10.2. The fourth-order valence-electron chi connectivity index (χ4n) is 3.13. The smallest absolute Gasteiger partial charge is 0.329 e. The molecule has 0 unspecified atom stereocenters. The van der Waals surface area contributed by atoms with E-state index in [1.807, 2.05) is 43.3 Å². The molecular weight excluding hydrogens is 372 g/mol. The van der Waals surface area contributed by atoms with E-state index in [1.165, 1.54) is 0 Å². The molecule has 0 aliphatic carbocycles. The van der Waals surface area contributed by atoms with Crippen LogP contribution in [0.3, 0.4) is 0 Å². The maximum Gasteiger partial charge on any atom is 0.329 e. The highest BCUT2D eigenvalue weighted by atomic mass is 79.9. The number of fused-ring (bicyclic) bond motifs is 2. The second-order valence-electron chi connectivity index (χ2n) is 5.69. The van der Waals surface area contributed by atoms with Gasteiger partial charge in [0.1, 0.15) is 13.2 Å². The number of ether oxygens (including phenoxy) is 2. The van der Waals surface area contributed by atoms with Crippen LogP contribution in [0.15, 0.2) is 45.7 Å². The number of hydrogen-bond acceptors (Lipinski definition) is 3. The summed E-state index contributed by atoms with van der Waals surface area (Å²) in [7, 11) is 0. The molecule has 1 aliphatic heterocycles. The average Bonchev–Trinajstić information content (AvgIpc) is 2.87. The highest BCUT2D eigenvalue weighted by Gasteiger charge is 2.17. The van der Waals surface area contributed by atoms with Gasteiger partial charge in [-0.2, -0.15) is 0 Å². The number of aromatic nitrogens is 2. The van der Waals surface area contributed by atoms with Gasteiger partial charge in [0.05, 0.1) is 17.6 Å². The molecular formula is C18H17BrN2O3. The first-order valence-corrected chi connectivity index (χ1v) is 8.74.